The molecule has 0 bridgehead atoms. The number of hydrogen-bond acceptors (Lipinski definition) is 5. The number of thioether (sulfide) groups is 1. The largest absolute Gasteiger partial charge is 0.497 e. The van der Waals surface area contributed by atoms with Crippen LogP contribution in [0.15, 0.2) is 30.5 Å². The van der Waals surface area contributed by atoms with Crippen molar-refractivity contribution in [1.29, 1.82) is 0 Å². The monoisotopic (exact) mass is 335 g/mol. The van der Waals surface area contributed by atoms with Crippen molar-refractivity contribution in [2.24, 2.45) is 0 Å². The number of nitrogens with zero attached hydrogens (tertiary/aromatic N) is 1. The highest BCUT2D eigenvalue weighted by atomic mass is 32.2. The molecule has 23 heavy (non-hydrogen) atoms. The van der Waals surface area contributed by atoms with Gasteiger partial charge in [0.25, 0.3) is 5.91 Å². The minimum atomic E-state index is -0.256. The van der Waals surface area contributed by atoms with Gasteiger partial charge >= 0.3 is 0 Å². The molecule has 7 heteroatoms. The van der Waals surface area contributed by atoms with Gasteiger partial charge in [0.2, 0.25) is 0 Å². The second kappa shape index (κ2) is 8.59. The van der Waals surface area contributed by atoms with Crippen molar-refractivity contribution in [2.75, 3.05) is 25.7 Å². The number of aromatic amines is 1. The highest BCUT2D eigenvalue weighted by Crippen LogP contribution is 2.23. The number of aliphatic hydroxyl groups is 1. The molecule has 6 nitrogen and oxygen atoms in total. The third kappa shape index (κ3) is 4.49. The van der Waals surface area contributed by atoms with Crippen LogP contribution in [-0.4, -0.2) is 53.0 Å². The van der Waals surface area contributed by atoms with Crippen LogP contribution in [0.3, 0.4) is 0 Å². The van der Waals surface area contributed by atoms with Gasteiger partial charge in [0.15, 0.2) is 0 Å². The number of carbonyl (C=O) groups is 1. The van der Waals surface area contributed by atoms with Crippen molar-refractivity contribution in [3.05, 3.63) is 36.0 Å². The molecule has 0 aliphatic rings. The first-order chi connectivity index (χ1) is 11.2. The maximum absolute atomic E-state index is 12.4. The summed E-state index contributed by atoms with van der Waals surface area (Å²) in [5, 5.41) is 19.1. The lowest BCUT2D eigenvalue weighted by Crippen LogP contribution is -2.38. The summed E-state index contributed by atoms with van der Waals surface area (Å²) in [5.41, 5.74) is 1.95. The first-order valence-corrected chi connectivity index (χ1v) is 8.67. The van der Waals surface area contributed by atoms with E-state index in [1.165, 1.54) is 6.20 Å². The summed E-state index contributed by atoms with van der Waals surface area (Å²) in [5.74, 6) is 1.38. The summed E-state index contributed by atoms with van der Waals surface area (Å²) < 4.78 is 5.13. The fraction of sp³-hybridized carbons (Fsp3) is 0.375. The molecule has 0 saturated carbocycles. The first-order valence-electron chi connectivity index (χ1n) is 7.28. The van der Waals surface area contributed by atoms with Crippen molar-refractivity contribution in [3.8, 4) is 17.0 Å². The molecule has 0 fully saturated rings. The van der Waals surface area contributed by atoms with Gasteiger partial charge in [-0.15, -0.1) is 0 Å². The third-order valence-corrected chi connectivity index (χ3v) is 4.13. The molecule has 1 atom stereocenters. The average Bonchev–Trinajstić information content (AvgIpc) is 3.08. The summed E-state index contributed by atoms with van der Waals surface area (Å²) in [7, 11) is 1.60. The van der Waals surface area contributed by atoms with Gasteiger partial charge in [0.1, 0.15) is 5.75 Å². The summed E-state index contributed by atoms with van der Waals surface area (Å²) in [6, 6.07) is 7.12. The fourth-order valence-electron chi connectivity index (χ4n) is 2.17. The number of carbonyl (C=O) groups excluding carboxylic acids is 1. The summed E-state index contributed by atoms with van der Waals surface area (Å²) in [4.78, 5) is 12.4. The number of hydrogen-bond donors (Lipinski definition) is 3. The third-order valence-electron chi connectivity index (χ3n) is 3.49. The molecule has 1 amide bonds. The van der Waals surface area contributed by atoms with E-state index in [0.717, 1.165) is 23.5 Å². The van der Waals surface area contributed by atoms with Gasteiger partial charge in [-0.25, -0.2) is 0 Å². The predicted molar refractivity (Wildman–Crippen MR) is 91.9 cm³/mol. The van der Waals surface area contributed by atoms with E-state index in [1.807, 2.05) is 30.5 Å². The van der Waals surface area contributed by atoms with Crippen LogP contribution in [0.4, 0.5) is 0 Å². The minimum Gasteiger partial charge on any atom is -0.497 e. The number of ether oxygens (including phenoxy) is 1. The molecular formula is C16H21N3O3S. The van der Waals surface area contributed by atoms with Crippen LogP contribution < -0.4 is 10.1 Å². The molecule has 1 unspecified atom stereocenters. The van der Waals surface area contributed by atoms with Gasteiger partial charge in [-0.3, -0.25) is 9.89 Å². The van der Waals surface area contributed by atoms with Crippen LogP contribution in [0.5, 0.6) is 5.75 Å². The molecule has 1 aromatic carbocycles. The molecule has 3 N–H and O–H groups in total. The van der Waals surface area contributed by atoms with E-state index in [1.54, 1.807) is 18.9 Å². The zero-order valence-electron chi connectivity index (χ0n) is 13.2. The van der Waals surface area contributed by atoms with Gasteiger partial charge in [-0.1, -0.05) is 0 Å². The molecule has 0 spiro atoms. The Balaban J connectivity index is 2.14. The Bertz CT molecular complexity index is 628. The summed E-state index contributed by atoms with van der Waals surface area (Å²) >= 11 is 1.68. The van der Waals surface area contributed by atoms with E-state index in [4.69, 9.17) is 4.74 Å². The van der Waals surface area contributed by atoms with E-state index >= 15 is 0 Å². The molecule has 124 valence electrons. The van der Waals surface area contributed by atoms with E-state index in [2.05, 4.69) is 15.5 Å². The second-order valence-electron chi connectivity index (χ2n) is 5.02. The maximum atomic E-state index is 12.4. The molecule has 0 aliphatic heterocycles. The summed E-state index contributed by atoms with van der Waals surface area (Å²) in [6.07, 6.45) is 4.21. The Morgan fingerprint density at radius 2 is 2.17 bits per heavy atom. The van der Waals surface area contributed by atoms with Gasteiger partial charge in [0.05, 0.1) is 37.2 Å². The fourth-order valence-corrected chi connectivity index (χ4v) is 2.69. The molecule has 1 heterocycles. The van der Waals surface area contributed by atoms with Crippen molar-refractivity contribution in [2.45, 2.75) is 12.5 Å². The molecule has 0 radical (unpaired) electrons. The van der Waals surface area contributed by atoms with Crippen LogP contribution in [0, 0.1) is 0 Å². The van der Waals surface area contributed by atoms with Gasteiger partial charge in [0, 0.05) is 5.56 Å². The number of aromatic nitrogens is 2. The zero-order chi connectivity index (χ0) is 16.7. The van der Waals surface area contributed by atoms with Gasteiger partial charge in [-0.2, -0.15) is 16.9 Å². The number of aliphatic hydroxyl groups excluding tert-OH is 1. The molecule has 1 aromatic heterocycles. The Labute approximate surface area is 139 Å². The number of nitrogens with one attached hydrogen (secondary N) is 2. The van der Waals surface area contributed by atoms with Gasteiger partial charge in [-0.05, 0) is 42.7 Å². The first kappa shape index (κ1) is 17.4. The molecular weight excluding hydrogens is 314 g/mol. The maximum Gasteiger partial charge on any atom is 0.255 e. The van der Waals surface area contributed by atoms with Crippen molar-refractivity contribution in [1.82, 2.24) is 15.5 Å². The SMILES string of the molecule is COc1ccc(-c2[nH]ncc2C(=O)NC(CO)CCSC)cc1. The highest BCUT2D eigenvalue weighted by Gasteiger charge is 2.18. The number of methoxy groups -OCH3 is 1. The van der Waals surface area contributed by atoms with Crippen molar-refractivity contribution >= 4 is 17.7 Å². The quantitative estimate of drug-likeness (QED) is 0.686. The van der Waals surface area contributed by atoms with E-state index in [0.29, 0.717) is 11.3 Å². The van der Waals surface area contributed by atoms with E-state index in [9.17, 15) is 9.90 Å². The number of benzene rings is 1. The van der Waals surface area contributed by atoms with E-state index < -0.39 is 0 Å². The van der Waals surface area contributed by atoms with Crippen LogP contribution in [-0.2, 0) is 0 Å². The lowest BCUT2D eigenvalue weighted by molar-refractivity contribution is 0.0916. The van der Waals surface area contributed by atoms with Crippen LogP contribution in [0.1, 0.15) is 16.8 Å². The van der Waals surface area contributed by atoms with Gasteiger partial charge < -0.3 is 15.2 Å². The summed E-state index contributed by atoms with van der Waals surface area (Å²) in [6.45, 7) is -0.0813. The Morgan fingerprint density at radius 3 is 2.78 bits per heavy atom. The second-order valence-corrected chi connectivity index (χ2v) is 6.01. The standard InChI is InChI=1S/C16H21N3O3S/c1-22-13-5-3-11(4-6-13)15-14(9-17-19-15)16(21)18-12(10-20)7-8-23-2/h3-6,9,12,20H,7-8,10H2,1-2H3,(H,17,19)(H,18,21). The van der Waals surface area contributed by atoms with Crippen LogP contribution in [0.25, 0.3) is 11.3 Å². The number of H-pyrrole nitrogens is 1. The Kier molecular flexibility index (Phi) is 6.49. The normalized spacial score (nSPS) is 12.0. The lowest BCUT2D eigenvalue weighted by Gasteiger charge is -2.15. The number of amides is 1. The average molecular weight is 335 g/mol. The molecule has 0 aliphatic carbocycles. The lowest BCUT2D eigenvalue weighted by atomic mass is 10.1. The Morgan fingerprint density at radius 1 is 1.43 bits per heavy atom. The number of rotatable bonds is 8. The molecule has 2 rings (SSSR count). The van der Waals surface area contributed by atoms with Crippen LogP contribution >= 0.6 is 11.8 Å². The molecule has 0 saturated heterocycles. The highest BCUT2D eigenvalue weighted by molar-refractivity contribution is 7.98. The van der Waals surface area contributed by atoms with E-state index in [-0.39, 0.29) is 18.6 Å². The van der Waals surface area contributed by atoms with Crippen molar-refractivity contribution in [3.63, 3.8) is 0 Å². The Hall–Kier alpha value is -1.99. The predicted octanol–water partition coefficient (Wildman–Crippen LogP) is 1.93. The van der Waals surface area contributed by atoms with Crippen molar-refractivity contribution < 1.29 is 14.6 Å². The zero-order valence-corrected chi connectivity index (χ0v) is 14.0. The minimum absolute atomic E-state index is 0.0813. The topological polar surface area (TPSA) is 87.2 Å². The molecule has 2 aromatic rings. The smallest absolute Gasteiger partial charge is 0.255 e. The van der Waals surface area contributed by atoms with Crippen LogP contribution in [0.2, 0.25) is 0 Å².